The Labute approximate surface area is 170 Å². The minimum Gasteiger partial charge on any atom is -0.479 e. The summed E-state index contributed by atoms with van der Waals surface area (Å²) in [7, 11) is 1.32. The molecule has 8 nitrogen and oxygen atoms in total. The molecule has 0 spiro atoms. The average Bonchev–Trinajstić information content (AvgIpc) is 3.23. The molecule has 1 unspecified atom stereocenters. The number of halogens is 3. The molecule has 2 aliphatic rings. The Balaban J connectivity index is 1.43. The summed E-state index contributed by atoms with van der Waals surface area (Å²) >= 11 is 0. The third-order valence-electron chi connectivity index (χ3n) is 5.02. The summed E-state index contributed by atoms with van der Waals surface area (Å²) in [6, 6.07) is 2.29. The standard InChI is InChI=1S/C19H19F3N6O2/c1-30-17-15(22)11-23-18(25-17)26-4-6-27(7-5-26)19(29)28-16(2-3-24-28)12-8-13(20)10-14(21)9-12/h3,8-11,16H,2,4-7H2,1H3. The van der Waals surface area contributed by atoms with Crippen LogP contribution in [0.1, 0.15) is 18.0 Å². The second kappa shape index (κ2) is 8.17. The molecule has 0 bridgehead atoms. The van der Waals surface area contributed by atoms with Gasteiger partial charge >= 0.3 is 6.03 Å². The number of piperazine rings is 1. The quantitative estimate of drug-likeness (QED) is 0.763. The second-order valence-electron chi connectivity index (χ2n) is 6.88. The van der Waals surface area contributed by atoms with Gasteiger partial charge in [-0.25, -0.2) is 23.6 Å². The fourth-order valence-electron chi connectivity index (χ4n) is 3.52. The van der Waals surface area contributed by atoms with Gasteiger partial charge in [-0.15, -0.1) is 0 Å². The van der Waals surface area contributed by atoms with Crippen molar-refractivity contribution >= 4 is 18.2 Å². The molecule has 0 aliphatic carbocycles. The topological polar surface area (TPSA) is 74.2 Å². The summed E-state index contributed by atoms with van der Waals surface area (Å²) in [4.78, 5) is 24.4. The molecule has 158 valence electrons. The van der Waals surface area contributed by atoms with Gasteiger partial charge in [-0.1, -0.05) is 0 Å². The van der Waals surface area contributed by atoms with Crippen LogP contribution in [0.4, 0.5) is 23.9 Å². The number of hydrogen-bond acceptors (Lipinski definition) is 6. The van der Waals surface area contributed by atoms with Crippen molar-refractivity contribution in [3.05, 3.63) is 47.4 Å². The molecule has 1 atom stereocenters. The molecule has 2 aromatic rings. The number of carbonyl (C=O) groups excluding carboxylic acids is 1. The molecule has 0 saturated carbocycles. The number of urea groups is 1. The molecule has 1 aromatic heterocycles. The van der Waals surface area contributed by atoms with Crippen molar-refractivity contribution in [2.75, 3.05) is 38.2 Å². The summed E-state index contributed by atoms with van der Waals surface area (Å²) in [5.74, 6) is -1.88. The van der Waals surface area contributed by atoms with Gasteiger partial charge in [-0.3, -0.25) is 0 Å². The van der Waals surface area contributed by atoms with E-state index in [0.717, 1.165) is 12.3 Å². The van der Waals surface area contributed by atoms with Crippen molar-refractivity contribution in [2.24, 2.45) is 5.10 Å². The van der Waals surface area contributed by atoms with Crippen molar-refractivity contribution in [3.63, 3.8) is 0 Å². The van der Waals surface area contributed by atoms with Crippen LogP contribution in [-0.4, -0.2) is 65.4 Å². The molecule has 30 heavy (non-hydrogen) atoms. The van der Waals surface area contributed by atoms with Crippen molar-refractivity contribution in [1.29, 1.82) is 0 Å². The Morgan fingerprint density at radius 3 is 2.47 bits per heavy atom. The van der Waals surface area contributed by atoms with Gasteiger partial charge in [0.15, 0.2) is 0 Å². The first-order chi connectivity index (χ1) is 14.5. The zero-order valence-electron chi connectivity index (χ0n) is 16.1. The lowest BCUT2D eigenvalue weighted by molar-refractivity contribution is 0.139. The van der Waals surface area contributed by atoms with Crippen LogP contribution in [-0.2, 0) is 0 Å². The smallest absolute Gasteiger partial charge is 0.341 e. The molecule has 2 amide bonds. The molecular formula is C19H19F3N6O2. The predicted molar refractivity (Wildman–Crippen MR) is 102 cm³/mol. The van der Waals surface area contributed by atoms with Crippen molar-refractivity contribution in [2.45, 2.75) is 12.5 Å². The van der Waals surface area contributed by atoms with Gasteiger partial charge in [-0.05, 0) is 17.7 Å². The van der Waals surface area contributed by atoms with Gasteiger partial charge in [0.25, 0.3) is 5.88 Å². The highest BCUT2D eigenvalue weighted by Gasteiger charge is 2.34. The third kappa shape index (κ3) is 3.87. The number of aromatic nitrogens is 2. The van der Waals surface area contributed by atoms with Crippen LogP contribution in [0.2, 0.25) is 0 Å². The van der Waals surface area contributed by atoms with Crippen molar-refractivity contribution < 1.29 is 22.7 Å². The SMILES string of the molecule is COc1nc(N2CCN(C(=O)N3N=CCC3c3cc(F)cc(F)c3)CC2)ncc1F. The number of anilines is 1. The van der Waals surface area contributed by atoms with Gasteiger partial charge in [0.05, 0.1) is 19.3 Å². The van der Waals surface area contributed by atoms with E-state index in [2.05, 4.69) is 15.1 Å². The van der Waals surface area contributed by atoms with E-state index in [1.54, 1.807) is 11.1 Å². The highest BCUT2D eigenvalue weighted by molar-refractivity contribution is 5.78. The first kappa shape index (κ1) is 19.9. The van der Waals surface area contributed by atoms with Crippen molar-refractivity contribution in [1.82, 2.24) is 19.9 Å². The molecule has 3 heterocycles. The van der Waals surface area contributed by atoms with E-state index in [0.29, 0.717) is 44.1 Å². The Bertz CT molecular complexity index is 960. The summed E-state index contributed by atoms with van der Waals surface area (Å²) in [5.41, 5.74) is 0.351. The number of hydrazone groups is 1. The Hall–Kier alpha value is -3.37. The molecule has 1 saturated heterocycles. The minimum absolute atomic E-state index is 0.143. The molecule has 1 aromatic carbocycles. The maximum absolute atomic E-state index is 13.6. The first-order valence-electron chi connectivity index (χ1n) is 9.34. The zero-order chi connectivity index (χ0) is 21.3. The van der Waals surface area contributed by atoms with Gasteiger partial charge in [-0.2, -0.15) is 14.5 Å². The Kier molecular flexibility index (Phi) is 5.42. The molecule has 2 aliphatic heterocycles. The van der Waals surface area contributed by atoms with Gasteiger partial charge in [0, 0.05) is 44.9 Å². The van der Waals surface area contributed by atoms with Crippen LogP contribution < -0.4 is 9.64 Å². The van der Waals surface area contributed by atoms with Crippen LogP contribution in [0.3, 0.4) is 0 Å². The first-order valence-corrected chi connectivity index (χ1v) is 9.34. The van der Waals surface area contributed by atoms with E-state index >= 15 is 0 Å². The summed E-state index contributed by atoms with van der Waals surface area (Å²) in [6.45, 7) is 1.57. The van der Waals surface area contributed by atoms with Crippen LogP contribution >= 0.6 is 0 Å². The van der Waals surface area contributed by atoms with E-state index in [1.165, 1.54) is 24.3 Å². The highest BCUT2D eigenvalue weighted by Crippen LogP contribution is 2.30. The number of hydrogen-bond donors (Lipinski definition) is 0. The zero-order valence-corrected chi connectivity index (χ0v) is 16.1. The number of rotatable bonds is 3. The minimum atomic E-state index is -0.701. The fourth-order valence-corrected chi connectivity index (χ4v) is 3.52. The predicted octanol–water partition coefficient (Wildman–Crippen LogP) is 2.58. The van der Waals surface area contributed by atoms with Crippen LogP contribution in [0, 0.1) is 17.5 Å². The van der Waals surface area contributed by atoms with E-state index in [4.69, 9.17) is 4.74 Å². The number of methoxy groups -OCH3 is 1. The Morgan fingerprint density at radius 2 is 1.80 bits per heavy atom. The molecular weight excluding hydrogens is 401 g/mol. The van der Waals surface area contributed by atoms with E-state index in [-0.39, 0.29) is 11.9 Å². The van der Waals surface area contributed by atoms with Gasteiger partial charge in [0.2, 0.25) is 11.8 Å². The number of carbonyl (C=O) groups is 1. The molecule has 11 heteroatoms. The van der Waals surface area contributed by atoms with Crippen LogP contribution in [0.25, 0.3) is 0 Å². The lowest BCUT2D eigenvalue weighted by Gasteiger charge is -2.37. The molecule has 1 fully saturated rings. The number of ether oxygens (including phenoxy) is 1. The monoisotopic (exact) mass is 420 g/mol. The van der Waals surface area contributed by atoms with E-state index in [9.17, 15) is 18.0 Å². The fraction of sp³-hybridized carbons (Fsp3) is 0.368. The summed E-state index contributed by atoms with van der Waals surface area (Å²) in [5, 5.41) is 5.36. The largest absolute Gasteiger partial charge is 0.479 e. The van der Waals surface area contributed by atoms with Crippen LogP contribution in [0.15, 0.2) is 29.5 Å². The molecule has 0 radical (unpaired) electrons. The maximum Gasteiger partial charge on any atom is 0.341 e. The number of nitrogens with zero attached hydrogens (tertiary/aromatic N) is 6. The number of amides is 2. The normalized spacial score (nSPS) is 18.8. The van der Waals surface area contributed by atoms with Gasteiger partial charge < -0.3 is 14.5 Å². The lowest BCUT2D eigenvalue weighted by Crippen LogP contribution is -2.52. The second-order valence-corrected chi connectivity index (χ2v) is 6.88. The lowest BCUT2D eigenvalue weighted by atomic mass is 10.0. The van der Waals surface area contributed by atoms with Crippen LogP contribution in [0.5, 0.6) is 5.88 Å². The summed E-state index contributed by atoms with van der Waals surface area (Å²) in [6.07, 6.45) is 2.97. The average molecular weight is 420 g/mol. The van der Waals surface area contributed by atoms with Gasteiger partial charge in [0.1, 0.15) is 11.6 Å². The highest BCUT2D eigenvalue weighted by atomic mass is 19.1. The maximum atomic E-state index is 13.6. The summed E-state index contributed by atoms with van der Waals surface area (Å²) < 4.78 is 45.6. The van der Waals surface area contributed by atoms with Crippen molar-refractivity contribution in [3.8, 4) is 5.88 Å². The molecule has 0 N–H and O–H groups in total. The van der Waals surface area contributed by atoms with E-state index < -0.39 is 23.5 Å². The van der Waals surface area contributed by atoms with E-state index in [1.807, 2.05) is 4.90 Å². The Morgan fingerprint density at radius 1 is 1.10 bits per heavy atom. The number of benzene rings is 1. The molecule has 4 rings (SSSR count). The third-order valence-corrected chi connectivity index (χ3v) is 5.02.